The van der Waals surface area contributed by atoms with Crippen LogP contribution in [-0.2, 0) is 20.7 Å². The molecule has 0 spiro atoms. The number of carbonyl (C=O) groups is 3. The Hall–Kier alpha value is -2.29. The van der Waals surface area contributed by atoms with Gasteiger partial charge in [-0.25, -0.2) is 4.79 Å². The van der Waals surface area contributed by atoms with Crippen LogP contribution in [0.4, 0.5) is 4.79 Å². The van der Waals surface area contributed by atoms with E-state index >= 15 is 0 Å². The molecule has 8 nitrogen and oxygen atoms in total. The Morgan fingerprint density at radius 3 is 2.23 bits per heavy atom. The van der Waals surface area contributed by atoms with Crippen LogP contribution in [0.1, 0.15) is 26.3 Å². The number of carbonyl (C=O) groups excluding carboxylic acids is 3. The van der Waals surface area contributed by atoms with Crippen LogP contribution in [0, 0.1) is 0 Å². The number of esters is 1. The summed E-state index contributed by atoms with van der Waals surface area (Å²) in [6.45, 7) is 6.20. The number of amides is 3. The lowest BCUT2D eigenvalue weighted by Crippen LogP contribution is -2.41. The van der Waals surface area contributed by atoms with Crippen molar-refractivity contribution in [3.05, 3.63) is 22.2 Å². The second-order valence-electron chi connectivity index (χ2n) is 5.00. The van der Waals surface area contributed by atoms with Crippen molar-refractivity contribution in [1.29, 1.82) is 0 Å². The highest BCUT2D eigenvalue weighted by atomic mass is 79.9. The van der Waals surface area contributed by atoms with Gasteiger partial charge >= 0.3 is 12.0 Å². The number of hydrogen-bond acceptors (Lipinski definition) is 6. The van der Waals surface area contributed by atoms with Gasteiger partial charge in [-0.15, -0.1) is 0 Å². The van der Waals surface area contributed by atoms with Crippen molar-refractivity contribution < 1.29 is 28.6 Å². The molecule has 0 saturated carbocycles. The molecule has 1 rings (SSSR count). The zero-order chi connectivity index (χ0) is 19.5. The third-order valence-corrected chi connectivity index (χ3v) is 3.74. The van der Waals surface area contributed by atoms with Gasteiger partial charge in [0.2, 0.25) is 0 Å². The summed E-state index contributed by atoms with van der Waals surface area (Å²) in [5.74, 6) is -0.220. The Labute approximate surface area is 160 Å². The lowest BCUT2D eigenvalue weighted by Gasteiger charge is -2.14. The molecule has 0 aliphatic heterocycles. The predicted octanol–water partition coefficient (Wildman–Crippen LogP) is 2.18. The van der Waals surface area contributed by atoms with E-state index in [1.165, 1.54) is 0 Å². The predicted molar refractivity (Wildman–Crippen MR) is 98.4 cm³/mol. The van der Waals surface area contributed by atoms with Crippen molar-refractivity contribution in [3.63, 3.8) is 0 Å². The molecule has 0 aromatic heterocycles. The highest BCUT2D eigenvalue weighted by Gasteiger charge is 2.16. The fourth-order valence-electron chi connectivity index (χ4n) is 1.97. The van der Waals surface area contributed by atoms with Gasteiger partial charge in [0.05, 0.1) is 19.6 Å². The maximum Gasteiger partial charge on any atom is 0.321 e. The van der Waals surface area contributed by atoms with E-state index in [4.69, 9.17) is 14.2 Å². The molecule has 0 aliphatic carbocycles. The Morgan fingerprint density at radius 1 is 1.04 bits per heavy atom. The van der Waals surface area contributed by atoms with Crippen LogP contribution in [0.25, 0.3) is 0 Å². The molecule has 3 amide bonds. The molecule has 0 fully saturated rings. The maximum atomic E-state index is 12.0. The maximum absolute atomic E-state index is 12.0. The molecule has 0 aliphatic rings. The molecular formula is C17H23BrN2O6. The highest BCUT2D eigenvalue weighted by Crippen LogP contribution is 2.34. The molecule has 2 N–H and O–H groups in total. The molecule has 1 aromatic rings. The van der Waals surface area contributed by atoms with Gasteiger partial charge in [-0.3, -0.25) is 14.9 Å². The summed E-state index contributed by atoms with van der Waals surface area (Å²) in [6.07, 6.45) is -0.0680. The molecule has 144 valence electrons. The molecule has 9 heteroatoms. The SMILES string of the molecule is CCNC(=O)NC(=O)COC(=O)Cc1cc(OCC)c(OCC)cc1Br. The fourth-order valence-corrected chi connectivity index (χ4v) is 2.43. The lowest BCUT2D eigenvalue weighted by molar-refractivity contribution is -0.147. The number of rotatable bonds is 9. The van der Waals surface area contributed by atoms with Gasteiger partial charge in [0.25, 0.3) is 5.91 Å². The van der Waals surface area contributed by atoms with Crippen molar-refractivity contribution in [2.24, 2.45) is 0 Å². The first-order chi connectivity index (χ1) is 12.4. The molecule has 0 heterocycles. The summed E-state index contributed by atoms with van der Waals surface area (Å²) >= 11 is 3.39. The van der Waals surface area contributed by atoms with Gasteiger partial charge in [0, 0.05) is 11.0 Å². The number of benzene rings is 1. The fraction of sp³-hybridized carbons (Fsp3) is 0.471. The first-order valence-electron chi connectivity index (χ1n) is 8.22. The van der Waals surface area contributed by atoms with Crippen LogP contribution in [0.15, 0.2) is 16.6 Å². The average molecular weight is 431 g/mol. The Kier molecular flexibility index (Phi) is 9.50. The number of urea groups is 1. The van der Waals surface area contributed by atoms with Crippen molar-refractivity contribution in [2.75, 3.05) is 26.4 Å². The minimum Gasteiger partial charge on any atom is -0.490 e. The van der Waals surface area contributed by atoms with E-state index in [0.29, 0.717) is 41.3 Å². The van der Waals surface area contributed by atoms with Gasteiger partial charge in [-0.05, 0) is 38.5 Å². The molecule has 0 unspecified atom stereocenters. The number of nitrogens with one attached hydrogen (secondary N) is 2. The summed E-state index contributed by atoms with van der Waals surface area (Å²) in [5.41, 5.74) is 0.631. The number of ether oxygens (including phenoxy) is 3. The minimum atomic E-state index is -0.704. The van der Waals surface area contributed by atoms with Gasteiger partial charge < -0.3 is 19.5 Å². The average Bonchev–Trinajstić information content (AvgIpc) is 2.57. The number of hydrogen-bond donors (Lipinski definition) is 2. The van der Waals surface area contributed by atoms with E-state index in [2.05, 4.69) is 21.2 Å². The summed E-state index contributed by atoms with van der Waals surface area (Å²) < 4.78 is 16.6. The molecule has 0 saturated heterocycles. The van der Waals surface area contributed by atoms with E-state index in [-0.39, 0.29) is 6.42 Å². The van der Waals surface area contributed by atoms with Crippen LogP contribution in [-0.4, -0.2) is 44.3 Å². The minimum absolute atomic E-state index is 0.0680. The van der Waals surface area contributed by atoms with Crippen LogP contribution < -0.4 is 20.1 Å². The summed E-state index contributed by atoms with van der Waals surface area (Å²) in [7, 11) is 0. The van der Waals surface area contributed by atoms with Crippen molar-refractivity contribution >= 4 is 33.8 Å². The van der Waals surface area contributed by atoms with Gasteiger partial charge in [0.1, 0.15) is 0 Å². The normalized spacial score (nSPS) is 10.0. The Morgan fingerprint density at radius 2 is 1.65 bits per heavy atom. The Bertz CT molecular complexity index is 650. The Balaban J connectivity index is 2.67. The van der Waals surface area contributed by atoms with Crippen LogP contribution in [0.5, 0.6) is 11.5 Å². The largest absolute Gasteiger partial charge is 0.490 e. The lowest BCUT2D eigenvalue weighted by atomic mass is 10.1. The topological polar surface area (TPSA) is 103 Å². The van der Waals surface area contributed by atoms with Gasteiger partial charge in [-0.1, -0.05) is 15.9 Å². The van der Waals surface area contributed by atoms with E-state index < -0.39 is 24.5 Å². The molecule has 26 heavy (non-hydrogen) atoms. The van der Waals surface area contributed by atoms with Crippen LogP contribution >= 0.6 is 15.9 Å². The van der Waals surface area contributed by atoms with Gasteiger partial charge in [0.15, 0.2) is 18.1 Å². The standard InChI is InChI=1S/C17H23BrN2O6/c1-4-19-17(23)20-15(21)10-26-16(22)8-11-7-13(24-5-2)14(25-6-3)9-12(11)18/h7,9H,4-6,8,10H2,1-3H3,(H2,19,20,21,23). The second kappa shape index (κ2) is 11.3. The summed E-state index contributed by atoms with van der Waals surface area (Å²) in [6, 6.07) is 2.78. The zero-order valence-corrected chi connectivity index (χ0v) is 16.6. The molecule has 1 aromatic carbocycles. The first-order valence-corrected chi connectivity index (χ1v) is 9.01. The molecule has 0 atom stereocenters. The highest BCUT2D eigenvalue weighted by molar-refractivity contribution is 9.10. The smallest absolute Gasteiger partial charge is 0.321 e. The van der Waals surface area contributed by atoms with Gasteiger partial charge in [-0.2, -0.15) is 0 Å². The van der Waals surface area contributed by atoms with Crippen molar-refractivity contribution in [3.8, 4) is 11.5 Å². The first kappa shape index (κ1) is 21.8. The molecular weight excluding hydrogens is 408 g/mol. The van der Waals surface area contributed by atoms with Crippen molar-refractivity contribution in [2.45, 2.75) is 27.2 Å². The zero-order valence-electron chi connectivity index (χ0n) is 15.0. The quantitative estimate of drug-likeness (QED) is 0.581. The molecule has 0 radical (unpaired) electrons. The van der Waals surface area contributed by atoms with E-state index in [1.54, 1.807) is 19.1 Å². The number of imide groups is 1. The van der Waals surface area contributed by atoms with Crippen LogP contribution in [0.3, 0.4) is 0 Å². The third-order valence-electron chi connectivity index (χ3n) is 3.00. The van der Waals surface area contributed by atoms with Crippen molar-refractivity contribution in [1.82, 2.24) is 10.6 Å². The number of halogens is 1. The third kappa shape index (κ3) is 7.30. The second-order valence-corrected chi connectivity index (χ2v) is 5.86. The van der Waals surface area contributed by atoms with E-state index in [0.717, 1.165) is 0 Å². The monoisotopic (exact) mass is 430 g/mol. The van der Waals surface area contributed by atoms with E-state index in [9.17, 15) is 14.4 Å². The van der Waals surface area contributed by atoms with E-state index in [1.807, 2.05) is 19.2 Å². The summed E-state index contributed by atoms with van der Waals surface area (Å²) in [5, 5.41) is 4.45. The van der Waals surface area contributed by atoms with Crippen LogP contribution in [0.2, 0.25) is 0 Å². The summed E-state index contributed by atoms with van der Waals surface area (Å²) in [4.78, 5) is 34.7. The molecule has 0 bridgehead atoms.